The maximum absolute atomic E-state index is 11.4. The van der Waals surface area contributed by atoms with Crippen LogP contribution in [0.5, 0.6) is 0 Å². The zero-order chi connectivity index (χ0) is 9.94. The van der Waals surface area contributed by atoms with Crippen LogP contribution in [-0.4, -0.2) is 29.6 Å². The Morgan fingerprint density at radius 2 is 1.75 bits per heavy atom. The zero-order valence-corrected chi connectivity index (χ0v) is 8.93. The molecule has 0 unspecified atom stereocenters. The second kappa shape index (κ2) is 3.78. The molecule has 0 atom stereocenters. The van der Waals surface area contributed by atoms with E-state index in [2.05, 4.69) is 5.32 Å². The van der Waals surface area contributed by atoms with E-state index in [9.17, 15) is 4.79 Å². The van der Waals surface area contributed by atoms with Gasteiger partial charge in [-0.3, -0.25) is 0 Å². The van der Waals surface area contributed by atoms with Gasteiger partial charge in [-0.05, 0) is 34.6 Å². The van der Waals surface area contributed by atoms with E-state index in [1.165, 1.54) is 0 Å². The minimum Gasteiger partial charge on any atom is -0.333 e. The first-order valence-electron chi connectivity index (χ1n) is 4.29. The molecule has 1 N–H and O–H groups in total. The number of hydrogen-bond donors (Lipinski definition) is 1. The molecule has 0 aromatic heterocycles. The fraction of sp³-hybridized carbons (Fsp3) is 0.889. The van der Waals surface area contributed by atoms with Gasteiger partial charge >= 0.3 is 6.03 Å². The predicted octanol–water partition coefficient (Wildman–Crippen LogP) is 1.83. The summed E-state index contributed by atoms with van der Waals surface area (Å²) in [5.74, 6) is 0. The van der Waals surface area contributed by atoms with E-state index in [4.69, 9.17) is 0 Å². The molecule has 0 radical (unpaired) electrons. The summed E-state index contributed by atoms with van der Waals surface area (Å²) >= 11 is 0. The van der Waals surface area contributed by atoms with Crippen LogP contribution in [0.4, 0.5) is 4.79 Å². The summed E-state index contributed by atoms with van der Waals surface area (Å²) in [6.07, 6.45) is 0. The van der Waals surface area contributed by atoms with E-state index in [0.29, 0.717) is 0 Å². The molecule has 12 heavy (non-hydrogen) atoms. The molecular formula is C9H20N2O. The molecule has 0 aliphatic rings. The van der Waals surface area contributed by atoms with Gasteiger partial charge in [0.1, 0.15) is 0 Å². The highest BCUT2D eigenvalue weighted by molar-refractivity contribution is 5.74. The Morgan fingerprint density at radius 1 is 1.33 bits per heavy atom. The Kier molecular flexibility index (Phi) is 3.55. The Hall–Kier alpha value is -0.730. The summed E-state index contributed by atoms with van der Waals surface area (Å²) in [6, 6.07) is 0.227. The minimum absolute atomic E-state index is 0.0162. The molecule has 0 bridgehead atoms. The molecule has 0 aliphatic heterocycles. The van der Waals surface area contributed by atoms with Gasteiger partial charge in [0.05, 0.1) is 0 Å². The molecule has 72 valence electrons. The number of urea groups is 1. The highest BCUT2D eigenvalue weighted by Crippen LogP contribution is 2.01. The van der Waals surface area contributed by atoms with E-state index in [-0.39, 0.29) is 17.6 Å². The van der Waals surface area contributed by atoms with Crippen molar-refractivity contribution >= 4 is 6.03 Å². The van der Waals surface area contributed by atoms with Gasteiger partial charge in [-0.25, -0.2) is 4.79 Å². The van der Waals surface area contributed by atoms with Crippen molar-refractivity contribution in [1.29, 1.82) is 0 Å². The predicted molar refractivity (Wildman–Crippen MR) is 51.2 cm³/mol. The molecule has 0 rings (SSSR count). The third-order valence-electron chi connectivity index (χ3n) is 1.58. The number of carbonyl (C=O) groups is 1. The van der Waals surface area contributed by atoms with E-state index in [0.717, 1.165) is 0 Å². The van der Waals surface area contributed by atoms with Crippen molar-refractivity contribution in [1.82, 2.24) is 10.2 Å². The van der Waals surface area contributed by atoms with Crippen LogP contribution in [0.25, 0.3) is 0 Å². The third kappa shape index (κ3) is 4.21. The Bertz CT molecular complexity index is 158. The molecule has 3 heteroatoms. The van der Waals surface area contributed by atoms with Crippen molar-refractivity contribution < 1.29 is 4.79 Å². The standard InChI is InChI=1S/C9H20N2O/c1-7(2)11(6)8(12)10-9(3,4)5/h7H,1-6H3,(H,10,12). The molecule has 0 fully saturated rings. The number of nitrogens with one attached hydrogen (secondary N) is 1. The lowest BCUT2D eigenvalue weighted by Crippen LogP contribution is -2.49. The maximum atomic E-state index is 11.4. The van der Waals surface area contributed by atoms with Crippen molar-refractivity contribution in [3.8, 4) is 0 Å². The largest absolute Gasteiger partial charge is 0.333 e. The molecule has 3 nitrogen and oxygen atoms in total. The van der Waals surface area contributed by atoms with E-state index < -0.39 is 0 Å². The van der Waals surface area contributed by atoms with Gasteiger partial charge in [-0.1, -0.05) is 0 Å². The van der Waals surface area contributed by atoms with Gasteiger partial charge in [0.15, 0.2) is 0 Å². The number of nitrogens with zero attached hydrogens (tertiary/aromatic N) is 1. The van der Waals surface area contributed by atoms with Crippen molar-refractivity contribution in [2.45, 2.75) is 46.2 Å². The van der Waals surface area contributed by atoms with Gasteiger partial charge in [0, 0.05) is 18.6 Å². The molecule has 0 saturated carbocycles. The van der Waals surface area contributed by atoms with Crippen LogP contribution in [0.15, 0.2) is 0 Å². The van der Waals surface area contributed by atoms with Crippen LogP contribution < -0.4 is 5.32 Å². The van der Waals surface area contributed by atoms with Crippen LogP contribution in [0.1, 0.15) is 34.6 Å². The fourth-order valence-corrected chi connectivity index (χ4v) is 0.643. The summed E-state index contributed by atoms with van der Waals surface area (Å²) in [6.45, 7) is 9.89. The van der Waals surface area contributed by atoms with E-state index >= 15 is 0 Å². The van der Waals surface area contributed by atoms with E-state index in [1.807, 2.05) is 34.6 Å². The number of rotatable bonds is 1. The molecule has 0 aromatic rings. The maximum Gasteiger partial charge on any atom is 0.317 e. The molecule has 0 spiro atoms. The van der Waals surface area contributed by atoms with Gasteiger partial charge in [-0.2, -0.15) is 0 Å². The molecule has 0 aromatic carbocycles. The first-order chi connectivity index (χ1) is 5.24. The summed E-state index contributed by atoms with van der Waals surface area (Å²) in [5, 5.41) is 2.89. The van der Waals surface area contributed by atoms with Crippen LogP contribution in [-0.2, 0) is 0 Å². The van der Waals surface area contributed by atoms with Crippen molar-refractivity contribution in [2.24, 2.45) is 0 Å². The van der Waals surface area contributed by atoms with Crippen molar-refractivity contribution in [2.75, 3.05) is 7.05 Å². The summed E-state index contributed by atoms with van der Waals surface area (Å²) < 4.78 is 0. The molecular weight excluding hydrogens is 152 g/mol. The topological polar surface area (TPSA) is 32.3 Å². The lowest BCUT2D eigenvalue weighted by atomic mass is 10.1. The number of carbonyl (C=O) groups excluding carboxylic acids is 1. The molecule has 0 heterocycles. The first kappa shape index (κ1) is 11.3. The molecule has 0 aliphatic carbocycles. The number of hydrogen-bond acceptors (Lipinski definition) is 1. The van der Waals surface area contributed by atoms with E-state index in [1.54, 1.807) is 11.9 Å². The van der Waals surface area contributed by atoms with Crippen molar-refractivity contribution in [3.05, 3.63) is 0 Å². The second-order valence-corrected chi connectivity index (χ2v) is 4.38. The highest BCUT2D eigenvalue weighted by atomic mass is 16.2. The number of amides is 2. The second-order valence-electron chi connectivity index (χ2n) is 4.38. The average molecular weight is 172 g/mol. The lowest BCUT2D eigenvalue weighted by molar-refractivity contribution is 0.188. The third-order valence-corrected chi connectivity index (χ3v) is 1.58. The summed E-state index contributed by atoms with van der Waals surface area (Å²) in [7, 11) is 1.80. The summed E-state index contributed by atoms with van der Waals surface area (Å²) in [5.41, 5.74) is -0.153. The Balaban J connectivity index is 4.05. The highest BCUT2D eigenvalue weighted by Gasteiger charge is 2.17. The van der Waals surface area contributed by atoms with Gasteiger partial charge < -0.3 is 10.2 Å². The average Bonchev–Trinajstić information content (AvgIpc) is 1.82. The fourth-order valence-electron chi connectivity index (χ4n) is 0.643. The normalized spacial score (nSPS) is 11.6. The molecule has 2 amide bonds. The molecule has 0 saturated heterocycles. The van der Waals surface area contributed by atoms with Crippen molar-refractivity contribution in [3.63, 3.8) is 0 Å². The van der Waals surface area contributed by atoms with Gasteiger partial charge in [0.2, 0.25) is 0 Å². The quantitative estimate of drug-likeness (QED) is 0.643. The van der Waals surface area contributed by atoms with Gasteiger partial charge in [0.25, 0.3) is 0 Å². The van der Waals surface area contributed by atoms with Crippen LogP contribution in [0.2, 0.25) is 0 Å². The lowest BCUT2D eigenvalue weighted by Gasteiger charge is -2.27. The zero-order valence-electron chi connectivity index (χ0n) is 8.93. The minimum atomic E-state index is -0.153. The van der Waals surface area contributed by atoms with Gasteiger partial charge in [-0.15, -0.1) is 0 Å². The van der Waals surface area contributed by atoms with Crippen LogP contribution in [0.3, 0.4) is 0 Å². The Morgan fingerprint density at radius 3 is 2.00 bits per heavy atom. The van der Waals surface area contributed by atoms with Crippen LogP contribution in [0, 0.1) is 0 Å². The SMILES string of the molecule is CC(C)N(C)C(=O)NC(C)(C)C. The smallest absolute Gasteiger partial charge is 0.317 e. The monoisotopic (exact) mass is 172 g/mol. The Labute approximate surface area is 75.1 Å². The summed E-state index contributed by atoms with van der Waals surface area (Å²) in [4.78, 5) is 13.1. The first-order valence-corrected chi connectivity index (χ1v) is 4.29. The van der Waals surface area contributed by atoms with Crippen LogP contribution >= 0.6 is 0 Å².